The maximum Gasteiger partial charge on any atom is 0.191 e. The van der Waals surface area contributed by atoms with E-state index in [1.165, 1.54) is 16.6 Å². The number of nitrogens with one attached hydrogen (secondary N) is 2. The minimum atomic E-state index is 0. The molecule has 0 bridgehead atoms. The first-order valence-corrected chi connectivity index (χ1v) is 9.17. The summed E-state index contributed by atoms with van der Waals surface area (Å²) in [6.45, 7) is 9.39. The van der Waals surface area contributed by atoms with E-state index in [0.29, 0.717) is 6.54 Å². The highest BCUT2D eigenvalue weighted by molar-refractivity contribution is 14.0. The van der Waals surface area contributed by atoms with Crippen LogP contribution in [-0.2, 0) is 13.1 Å². The third-order valence-electron chi connectivity index (χ3n) is 4.32. The number of hydrogen-bond acceptors (Lipinski definition) is 2. The van der Waals surface area contributed by atoms with Gasteiger partial charge in [0.15, 0.2) is 5.96 Å². The molecule has 0 aliphatic carbocycles. The van der Waals surface area contributed by atoms with Gasteiger partial charge in [0.05, 0.1) is 17.6 Å². The zero-order valence-corrected chi connectivity index (χ0v) is 18.5. The minimum Gasteiger partial charge on any atom is -0.357 e. The van der Waals surface area contributed by atoms with Crippen LogP contribution in [0.2, 0.25) is 0 Å². The third kappa shape index (κ3) is 5.69. The number of guanidine groups is 1. The van der Waals surface area contributed by atoms with E-state index >= 15 is 0 Å². The molecule has 144 valence electrons. The van der Waals surface area contributed by atoms with Crippen molar-refractivity contribution < 1.29 is 0 Å². The highest BCUT2D eigenvalue weighted by atomic mass is 127. The molecule has 3 rings (SSSR count). The van der Waals surface area contributed by atoms with Gasteiger partial charge in [-0.1, -0.05) is 42.0 Å². The van der Waals surface area contributed by atoms with E-state index in [1.807, 2.05) is 6.07 Å². The summed E-state index contributed by atoms with van der Waals surface area (Å²) in [5.41, 5.74) is 4.70. The SMILES string of the molecule is CCNC(=NCc1cccc(C)c1)NCCn1c(C)nc2ccccc21.I. The molecule has 0 saturated carbocycles. The monoisotopic (exact) mass is 477 g/mol. The lowest BCUT2D eigenvalue weighted by atomic mass is 10.1. The molecule has 0 amide bonds. The number of benzene rings is 2. The average Bonchev–Trinajstić information content (AvgIpc) is 2.95. The van der Waals surface area contributed by atoms with Gasteiger partial charge in [-0.3, -0.25) is 0 Å². The molecule has 27 heavy (non-hydrogen) atoms. The molecule has 1 heterocycles. The predicted molar refractivity (Wildman–Crippen MR) is 124 cm³/mol. The van der Waals surface area contributed by atoms with Crippen LogP contribution in [0.25, 0.3) is 11.0 Å². The van der Waals surface area contributed by atoms with Crippen LogP contribution in [0.15, 0.2) is 53.5 Å². The molecule has 2 aromatic carbocycles. The van der Waals surface area contributed by atoms with E-state index in [9.17, 15) is 0 Å². The molecule has 0 fully saturated rings. The number of para-hydroxylation sites is 2. The van der Waals surface area contributed by atoms with Crippen LogP contribution in [0.4, 0.5) is 0 Å². The number of aryl methyl sites for hydroxylation is 2. The van der Waals surface area contributed by atoms with E-state index in [1.54, 1.807) is 0 Å². The number of imidazole rings is 1. The fourth-order valence-electron chi connectivity index (χ4n) is 3.09. The highest BCUT2D eigenvalue weighted by Gasteiger charge is 2.06. The number of hydrogen-bond donors (Lipinski definition) is 2. The molecular weight excluding hydrogens is 449 g/mol. The van der Waals surface area contributed by atoms with Crippen LogP contribution in [0.5, 0.6) is 0 Å². The van der Waals surface area contributed by atoms with Crippen LogP contribution in [-0.4, -0.2) is 28.6 Å². The maximum absolute atomic E-state index is 4.70. The van der Waals surface area contributed by atoms with Crippen molar-refractivity contribution in [2.24, 2.45) is 4.99 Å². The summed E-state index contributed by atoms with van der Waals surface area (Å²) in [6, 6.07) is 16.7. The molecule has 0 saturated heterocycles. The molecule has 2 N–H and O–H groups in total. The van der Waals surface area contributed by atoms with E-state index in [2.05, 4.69) is 83.4 Å². The fourth-order valence-corrected chi connectivity index (χ4v) is 3.09. The summed E-state index contributed by atoms with van der Waals surface area (Å²) in [5, 5.41) is 6.74. The zero-order chi connectivity index (χ0) is 18.4. The van der Waals surface area contributed by atoms with Gasteiger partial charge in [-0.2, -0.15) is 0 Å². The van der Waals surface area contributed by atoms with Crippen LogP contribution in [0.1, 0.15) is 23.9 Å². The molecule has 0 aliphatic rings. The molecule has 6 heteroatoms. The van der Waals surface area contributed by atoms with E-state index in [-0.39, 0.29) is 24.0 Å². The van der Waals surface area contributed by atoms with Gasteiger partial charge in [0.1, 0.15) is 5.82 Å². The first-order valence-electron chi connectivity index (χ1n) is 9.17. The van der Waals surface area contributed by atoms with E-state index in [4.69, 9.17) is 4.99 Å². The molecule has 0 atom stereocenters. The summed E-state index contributed by atoms with van der Waals surface area (Å²) in [7, 11) is 0. The van der Waals surface area contributed by atoms with Crippen molar-refractivity contribution in [1.82, 2.24) is 20.2 Å². The third-order valence-corrected chi connectivity index (χ3v) is 4.32. The molecule has 1 aromatic heterocycles. The van der Waals surface area contributed by atoms with Crippen molar-refractivity contribution in [1.29, 1.82) is 0 Å². The fraction of sp³-hybridized carbons (Fsp3) is 0.333. The van der Waals surface area contributed by atoms with Crippen LogP contribution >= 0.6 is 24.0 Å². The minimum absolute atomic E-state index is 0. The zero-order valence-electron chi connectivity index (χ0n) is 16.2. The van der Waals surface area contributed by atoms with Gasteiger partial charge < -0.3 is 15.2 Å². The summed E-state index contributed by atoms with van der Waals surface area (Å²) >= 11 is 0. The number of rotatable bonds is 6. The second-order valence-electron chi connectivity index (χ2n) is 6.41. The van der Waals surface area contributed by atoms with E-state index < -0.39 is 0 Å². The number of aromatic nitrogens is 2. The van der Waals surface area contributed by atoms with Crippen molar-refractivity contribution in [3.8, 4) is 0 Å². The van der Waals surface area contributed by atoms with Crippen LogP contribution < -0.4 is 10.6 Å². The lowest BCUT2D eigenvalue weighted by Crippen LogP contribution is -2.38. The number of aliphatic imine (C=N–C) groups is 1. The maximum atomic E-state index is 4.70. The quantitative estimate of drug-likeness (QED) is 0.320. The van der Waals surface area contributed by atoms with Gasteiger partial charge >= 0.3 is 0 Å². The van der Waals surface area contributed by atoms with Crippen molar-refractivity contribution >= 4 is 41.0 Å². The Kier molecular flexibility index (Phi) is 8.09. The standard InChI is InChI=1S/C21H27N5.HI/c1-4-22-21(24-15-18-9-7-8-16(2)14-18)23-12-13-26-17(3)25-19-10-5-6-11-20(19)26;/h5-11,14H,4,12-13,15H2,1-3H3,(H2,22,23,24);1H. The Morgan fingerprint density at radius 2 is 1.89 bits per heavy atom. The summed E-state index contributed by atoms with van der Waals surface area (Å²) in [4.78, 5) is 9.32. The van der Waals surface area contributed by atoms with Crippen molar-refractivity contribution in [3.63, 3.8) is 0 Å². The molecule has 0 aliphatic heterocycles. The van der Waals surface area contributed by atoms with Gasteiger partial charge in [-0.05, 0) is 38.5 Å². The molecule has 0 radical (unpaired) electrons. The summed E-state index contributed by atoms with van der Waals surface area (Å²) in [5.74, 6) is 1.88. The second-order valence-corrected chi connectivity index (χ2v) is 6.41. The molecular formula is C21H28IN5. The molecule has 5 nitrogen and oxygen atoms in total. The smallest absolute Gasteiger partial charge is 0.191 e. The lowest BCUT2D eigenvalue weighted by molar-refractivity contribution is 0.660. The first-order chi connectivity index (χ1) is 12.7. The Labute approximate surface area is 178 Å². The Balaban J connectivity index is 0.00000261. The van der Waals surface area contributed by atoms with Gasteiger partial charge in [0.2, 0.25) is 0 Å². The Bertz CT molecular complexity index is 900. The number of fused-ring (bicyclic) bond motifs is 1. The topological polar surface area (TPSA) is 54.2 Å². The summed E-state index contributed by atoms with van der Waals surface area (Å²) < 4.78 is 2.24. The van der Waals surface area contributed by atoms with Crippen molar-refractivity contribution in [3.05, 3.63) is 65.5 Å². The lowest BCUT2D eigenvalue weighted by Gasteiger charge is -2.13. The van der Waals surface area contributed by atoms with Gasteiger partial charge in [-0.25, -0.2) is 9.98 Å². The van der Waals surface area contributed by atoms with E-state index in [0.717, 1.165) is 36.9 Å². The van der Waals surface area contributed by atoms with Gasteiger partial charge in [0.25, 0.3) is 0 Å². The first kappa shape index (κ1) is 21.2. The van der Waals surface area contributed by atoms with Gasteiger partial charge in [0, 0.05) is 19.6 Å². The summed E-state index contributed by atoms with van der Waals surface area (Å²) in [6.07, 6.45) is 0. The molecule has 0 unspecified atom stereocenters. The van der Waals surface area contributed by atoms with Crippen LogP contribution in [0.3, 0.4) is 0 Å². The molecule has 0 spiro atoms. The van der Waals surface area contributed by atoms with Crippen molar-refractivity contribution in [2.45, 2.75) is 33.9 Å². The highest BCUT2D eigenvalue weighted by Crippen LogP contribution is 2.14. The second kappa shape index (κ2) is 10.3. The largest absolute Gasteiger partial charge is 0.357 e. The Morgan fingerprint density at radius 3 is 2.67 bits per heavy atom. The van der Waals surface area contributed by atoms with Crippen molar-refractivity contribution in [2.75, 3.05) is 13.1 Å². The Morgan fingerprint density at radius 1 is 1.07 bits per heavy atom. The van der Waals surface area contributed by atoms with Crippen LogP contribution in [0, 0.1) is 13.8 Å². The molecule has 3 aromatic rings. The predicted octanol–water partition coefficient (Wildman–Crippen LogP) is 4.03. The van der Waals surface area contributed by atoms with Gasteiger partial charge in [-0.15, -0.1) is 24.0 Å². The average molecular weight is 477 g/mol. The number of nitrogens with zero attached hydrogens (tertiary/aromatic N) is 3. The normalized spacial score (nSPS) is 11.3. The number of halogens is 1. The Hall–Kier alpha value is -2.09.